The van der Waals surface area contributed by atoms with Crippen LogP contribution in [0.3, 0.4) is 0 Å². The van der Waals surface area contributed by atoms with Gasteiger partial charge in [-0.15, -0.1) is 11.8 Å². The molecule has 8 heteroatoms. The fourth-order valence-corrected chi connectivity index (χ4v) is 3.29. The van der Waals surface area contributed by atoms with Crippen LogP contribution >= 0.6 is 11.8 Å². The lowest BCUT2D eigenvalue weighted by atomic mass is 9.83. The van der Waals surface area contributed by atoms with Crippen LogP contribution in [0.4, 0.5) is 5.69 Å². The van der Waals surface area contributed by atoms with Crippen molar-refractivity contribution >= 4 is 23.4 Å². The number of amides is 1. The third-order valence-corrected chi connectivity index (χ3v) is 4.68. The zero-order valence-electron chi connectivity index (χ0n) is 11.9. The molecule has 1 aliphatic rings. The second-order valence-corrected chi connectivity index (χ2v) is 6.21. The molecule has 7 nitrogen and oxygen atoms in total. The molecule has 0 radical (unpaired) electrons. The Balaban J connectivity index is 1.96. The van der Waals surface area contributed by atoms with Crippen LogP contribution in [-0.4, -0.2) is 27.1 Å². The molecule has 0 aliphatic heterocycles. The second kappa shape index (κ2) is 7.22. The average molecular weight is 320 g/mol. The number of rotatable bonds is 5. The number of hydrogen-bond donors (Lipinski definition) is 1. The first-order chi connectivity index (χ1) is 10.6. The maximum absolute atomic E-state index is 12.1. The van der Waals surface area contributed by atoms with Gasteiger partial charge in [-0.25, -0.2) is 0 Å². The molecule has 0 bridgehead atoms. The number of hydrogen-bond acceptors (Lipinski definition) is 6. The van der Waals surface area contributed by atoms with Crippen molar-refractivity contribution in [3.8, 4) is 6.07 Å². The van der Waals surface area contributed by atoms with Gasteiger partial charge < -0.3 is 5.32 Å². The lowest BCUT2D eigenvalue weighted by Gasteiger charge is -2.31. The molecular weight excluding hydrogens is 304 g/mol. The minimum absolute atomic E-state index is 0.0360. The minimum Gasteiger partial charge on any atom is -0.337 e. The number of nitrogens with zero attached hydrogens (tertiary/aromatic N) is 3. The fraction of sp³-hybridized carbons (Fsp3) is 0.500. The molecule has 0 aromatic carbocycles. The van der Waals surface area contributed by atoms with E-state index in [4.69, 9.17) is 0 Å². The van der Waals surface area contributed by atoms with Gasteiger partial charge in [-0.3, -0.25) is 19.9 Å². The van der Waals surface area contributed by atoms with Gasteiger partial charge in [-0.05, 0) is 18.9 Å². The highest BCUT2D eigenvalue weighted by Crippen LogP contribution is 2.29. The number of aromatic nitrogens is 1. The molecule has 0 unspecified atom stereocenters. The summed E-state index contributed by atoms with van der Waals surface area (Å²) in [6.45, 7) is 0. The predicted octanol–water partition coefficient (Wildman–Crippen LogP) is 2.42. The van der Waals surface area contributed by atoms with Crippen molar-refractivity contribution in [1.29, 1.82) is 5.26 Å². The maximum Gasteiger partial charge on any atom is 0.301 e. The number of carbonyl (C=O) groups is 1. The van der Waals surface area contributed by atoms with Crippen LogP contribution in [0.15, 0.2) is 23.4 Å². The molecule has 1 aromatic rings. The average Bonchev–Trinajstić information content (AvgIpc) is 2.54. The predicted molar refractivity (Wildman–Crippen MR) is 81.2 cm³/mol. The summed E-state index contributed by atoms with van der Waals surface area (Å²) in [7, 11) is 0. The van der Waals surface area contributed by atoms with Gasteiger partial charge in [0, 0.05) is 6.20 Å². The fourth-order valence-electron chi connectivity index (χ4n) is 2.50. The summed E-state index contributed by atoms with van der Waals surface area (Å²) in [6.07, 6.45) is 6.87. The number of nitro groups is 1. The molecule has 22 heavy (non-hydrogen) atoms. The third-order valence-electron chi connectivity index (χ3n) is 3.62. The van der Waals surface area contributed by atoms with E-state index in [2.05, 4.69) is 16.4 Å². The van der Waals surface area contributed by atoms with Crippen molar-refractivity contribution < 1.29 is 9.72 Å². The van der Waals surface area contributed by atoms with Gasteiger partial charge >= 0.3 is 5.69 Å². The standard InChI is InChI=1S/C14H16N4O3S/c15-10-14(5-2-1-3-6-14)17-13(19)9-22-12-4-7-16-8-11(12)18(20)21/h4,7-8H,1-3,5-6,9H2,(H,17,19). The van der Waals surface area contributed by atoms with Gasteiger partial charge in [0.05, 0.1) is 21.6 Å². The van der Waals surface area contributed by atoms with E-state index in [1.165, 1.54) is 12.3 Å². The topological polar surface area (TPSA) is 109 Å². The molecule has 0 saturated heterocycles. The number of nitrogens with one attached hydrogen (secondary N) is 1. The molecule has 0 atom stereocenters. The molecule has 1 saturated carbocycles. The summed E-state index contributed by atoms with van der Waals surface area (Å²) in [5.74, 6) is -0.242. The second-order valence-electron chi connectivity index (χ2n) is 5.19. The van der Waals surface area contributed by atoms with Gasteiger partial charge in [0.2, 0.25) is 5.91 Å². The Labute approximate surface area is 132 Å². The van der Waals surface area contributed by atoms with Crippen LogP contribution in [0.1, 0.15) is 32.1 Å². The van der Waals surface area contributed by atoms with Crippen molar-refractivity contribution in [3.63, 3.8) is 0 Å². The lowest BCUT2D eigenvalue weighted by molar-refractivity contribution is -0.388. The molecule has 1 fully saturated rings. The highest BCUT2D eigenvalue weighted by atomic mass is 32.2. The van der Waals surface area contributed by atoms with Gasteiger partial charge in [0.25, 0.3) is 0 Å². The Morgan fingerprint density at radius 3 is 2.86 bits per heavy atom. The molecular formula is C14H16N4O3S. The Bertz CT molecular complexity index is 608. The third kappa shape index (κ3) is 3.95. The number of carbonyl (C=O) groups excluding carboxylic acids is 1. The van der Waals surface area contributed by atoms with E-state index >= 15 is 0 Å². The first-order valence-electron chi connectivity index (χ1n) is 7.00. The van der Waals surface area contributed by atoms with Crippen molar-refractivity contribution in [2.45, 2.75) is 42.5 Å². The molecule has 1 aliphatic carbocycles. The van der Waals surface area contributed by atoms with Crippen molar-refractivity contribution in [1.82, 2.24) is 10.3 Å². The molecule has 1 amide bonds. The molecule has 0 spiro atoms. The Morgan fingerprint density at radius 2 is 2.23 bits per heavy atom. The summed E-state index contributed by atoms with van der Waals surface area (Å²) >= 11 is 1.08. The Kier molecular flexibility index (Phi) is 5.33. The van der Waals surface area contributed by atoms with Gasteiger partial charge in [-0.2, -0.15) is 5.26 Å². The summed E-state index contributed by atoms with van der Waals surface area (Å²) in [6, 6.07) is 3.73. The zero-order chi connectivity index (χ0) is 16.0. The van der Waals surface area contributed by atoms with E-state index in [1.807, 2.05) is 0 Å². The molecule has 116 valence electrons. The normalized spacial score (nSPS) is 16.5. The van der Waals surface area contributed by atoms with E-state index in [1.54, 1.807) is 0 Å². The summed E-state index contributed by atoms with van der Waals surface area (Å²) in [5.41, 5.74) is -0.895. The van der Waals surface area contributed by atoms with E-state index in [9.17, 15) is 20.2 Å². The number of pyridine rings is 1. The van der Waals surface area contributed by atoms with E-state index in [0.717, 1.165) is 37.2 Å². The Morgan fingerprint density at radius 1 is 1.50 bits per heavy atom. The summed E-state index contributed by atoms with van der Waals surface area (Å²) < 4.78 is 0. The molecule has 2 rings (SSSR count). The van der Waals surface area contributed by atoms with Gasteiger partial charge in [-0.1, -0.05) is 19.3 Å². The first-order valence-corrected chi connectivity index (χ1v) is 7.98. The summed E-state index contributed by atoms with van der Waals surface area (Å²) in [5, 5.41) is 23.0. The minimum atomic E-state index is -0.778. The number of nitriles is 1. The molecule has 1 heterocycles. The van der Waals surface area contributed by atoms with Gasteiger partial charge in [0.1, 0.15) is 11.7 Å². The summed E-state index contributed by atoms with van der Waals surface area (Å²) in [4.78, 5) is 26.5. The van der Waals surface area contributed by atoms with E-state index in [0.29, 0.717) is 17.7 Å². The largest absolute Gasteiger partial charge is 0.337 e. The Hall–Kier alpha value is -2.14. The van der Waals surface area contributed by atoms with Crippen LogP contribution in [0.25, 0.3) is 0 Å². The van der Waals surface area contributed by atoms with Gasteiger partial charge in [0.15, 0.2) is 0 Å². The highest BCUT2D eigenvalue weighted by Gasteiger charge is 2.33. The lowest BCUT2D eigenvalue weighted by Crippen LogP contribution is -2.49. The van der Waals surface area contributed by atoms with E-state index < -0.39 is 10.5 Å². The smallest absolute Gasteiger partial charge is 0.301 e. The highest BCUT2D eigenvalue weighted by molar-refractivity contribution is 8.00. The van der Waals surface area contributed by atoms with Crippen molar-refractivity contribution in [2.75, 3.05) is 5.75 Å². The number of thioether (sulfide) groups is 1. The quantitative estimate of drug-likeness (QED) is 0.507. The monoisotopic (exact) mass is 320 g/mol. The van der Waals surface area contributed by atoms with E-state index in [-0.39, 0.29) is 17.3 Å². The maximum atomic E-state index is 12.1. The van der Waals surface area contributed by atoms with Crippen molar-refractivity contribution in [2.24, 2.45) is 0 Å². The van der Waals surface area contributed by atoms with Crippen LogP contribution in [0, 0.1) is 21.4 Å². The van der Waals surface area contributed by atoms with Crippen LogP contribution in [-0.2, 0) is 4.79 Å². The van der Waals surface area contributed by atoms with Crippen molar-refractivity contribution in [3.05, 3.63) is 28.6 Å². The van der Waals surface area contributed by atoms with Crippen LogP contribution in [0.2, 0.25) is 0 Å². The molecule has 1 N–H and O–H groups in total. The SMILES string of the molecule is N#CC1(NC(=O)CSc2ccncc2[N+](=O)[O-])CCCCC1. The molecule has 1 aromatic heterocycles. The zero-order valence-corrected chi connectivity index (χ0v) is 12.8. The van der Waals surface area contributed by atoms with Crippen LogP contribution in [0.5, 0.6) is 0 Å². The van der Waals surface area contributed by atoms with Crippen LogP contribution < -0.4 is 5.32 Å². The first kappa shape index (κ1) is 16.2.